The van der Waals surface area contributed by atoms with Crippen LogP contribution in [-0.2, 0) is 11.2 Å². The number of β-amino-alcohol motifs (C(OH)–C–C–N with tert-alkyl or cyclic N) is 1. The topological polar surface area (TPSA) is 65.7 Å². The Labute approximate surface area is 132 Å². The van der Waals surface area contributed by atoms with E-state index in [2.05, 4.69) is 17.1 Å². The van der Waals surface area contributed by atoms with Gasteiger partial charge in [0.05, 0.1) is 6.10 Å². The highest BCUT2D eigenvalue weighted by Crippen LogP contribution is 2.15. The smallest absolute Gasteiger partial charge is 0.220 e. The van der Waals surface area contributed by atoms with Gasteiger partial charge in [0.25, 0.3) is 0 Å². The minimum atomic E-state index is -0.497. The molecule has 5 heteroatoms. The van der Waals surface area contributed by atoms with E-state index < -0.39 is 6.10 Å². The number of hydrogen-bond acceptors (Lipinski definition) is 4. The Morgan fingerprint density at radius 3 is 2.82 bits per heavy atom. The average Bonchev–Trinajstić information content (AvgIpc) is 2.91. The number of nitrogens with zero attached hydrogens (tertiary/aromatic N) is 1. The third-order valence-corrected chi connectivity index (χ3v) is 4.27. The first-order valence-corrected chi connectivity index (χ1v) is 8.25. The summed E-state index contributed by atoms with van der Waals surface area (Å²) in [6.07, 6.45) is 2.88. The Kier molecular flexibility index (Phi) is 6.46. The molecular formula is C17H28N2O3. The molecule has 0 aromatic carbocycles. The number of amides is 1. The van der Waals surface area contributed by atoms with E-state index in [4.69, 9.17) is 4.42 Å². The largest absolute Gasteiger partial charge is 0.466 e. The maximum atomic E-state index is 11.8. The van der Waals surface area contributed by atoms with E-state index >= 15 is 0 Å². The van der Waals surface area contributed by atoms with Crippen LogP contribution in [0.25, 0.3) is 0 Å². The zero-order valence-corrected chi connectivity index (χ0v) is 13.7. The quantitative estimate of drug-likeness (QED) is 0.805. The van der Waals surface area contributed by atoms with E-state index in [-0.39, 0.29) is 5.91 Å². The number of rotatable bonds is 7. The van der Waals surface area contributed by atoms with Crippen molar-refractivity contribution in [1.29, 1.82) is 0 Å². The van der Waals surface area contributed by atoms with E-state index in [0.29, 0.717) is 25.9 Å². The van der Waals surface area contributed by atoms with Crippen LogP contribution in [0.5, 0.6) is 0 Å². The summed E-state index contributed by atoms with van der Waals surface area (Å²) >= 11 is 0. The highest BCUT2D eigenvalue weighted by molar-refractivity contribution is 5.76. The molecule has 1 aromatic rings. The molecule has 1 saturated heterocycles. The van der Waals surface area contributed by atoms with Crippen molar-refractivity contribution >= 4 is 5.91 Å². The Hall–Kier alpha value is -1.33. The summed E-state index contributed by atoms with van der Waals surface area (Å²) in [5.41, 5.74) is 0. The van der Waals surface area contributed by atoms with E-state index in [0.717, 1.165) is 30.5 Å². The number of likely N-dealkylation sites (tertiary alicyclic amines) is 1. The van der Waals surface area contributed by atoms with Gasteiger partial charge in [0.2, 0.25) is 5.91 Å². The minimum absolute atomic E-state index is 0.0413. The lowest BCUT2D eigenvalue weighted by molar-refractivity contribution is -0.121. The molecule has 0 spiro atoms. The number of aliphatic hydroxyl groups is 1. The lowest BCUT2D eigenvalue weighted by Crippen LogP contribution is -2.43. The molecule has 1 amide bonds. The lowest BCUT2D eigenvalue weighted by Gasteiger charge is -2.31. The number of piperidine rings is 1. The predicted molar refractivity (Wildman–Crippen MR) is 85.6 cm³/mol. The molecule has 1 aromatic heterocycles. The normalized spacial score (nSPS) is 18.3. The molecule has 0 bridgehead atoms. The molecule has 22 heavy (non-hydrogen) atoms. The van der Waals surface area contributed by atoms with Crippen LogP contribution in [0, 0.1) is 12.8 Å². The first-order chi connectivity index (χ1) is 10.5. The van der Waals surface area contributed by atoms with Crippen LogP contribution < -0.4 is 5.32 Å². The van der Waals surface area contributed by atoms with E-state index in [9.17, 15) is 9.90 Å². The van der Waals surface area contributed by atoms with Gasteiger partial charge in [0.1, 0.15) is 11.5 Å². The van der Waals surface area contributed by atoms with Crippen molar-refractivity contribution in [3.8, 4) is 0 Å². The van der Waals surface area contributed by atoms with Crippen molar-refractivity contribution in [2.75, 3.05) is 26.2 Å². The van der Waals surface area contributed by atoms with Crippen LogP contribution in [-0.4, -0.2) is 48.2 Å². The van der Waals surface area contributed by atoms with E-state index in [1.54, 1.807) is 0 Å². The fraction of sp³-hybridized carbons (Fsp3) is 0.706. The van der Waals surface area contributed by atoms with Crippen LogP contribution in [0.4, 0.5) is 0 Å². The first kappa shape index (κ1) is 17.0. The molecular weight excluding hydrogens is 280 g/mol. The zero-order valence-electron chi connectivity index (χ0n) is 13.7. The number of hydrogen-bond donors (Lipinski definition) is 2. The Bertz CT molecular complexity index is 464. The van der Waals surface area contributed by atoms with Gasteiger partial charge >= 0.3 is 0 Å². The fourth-order valence-corrected chi connectivity index (χ4v) is 2.78. The van der Waals surface area contributed by atoms with Crippen molar-refractivity contribution < 1.29 is 14.3 Å². The maximum absolute atomic E-state index is 11.8. The molecule has 5 nitrogen and oxygen atoms in total. The summed E-state index contributed by atoms with van der Waals surface area (Å²) in [5, 5.41) is 12.8. The molecule has 1 aliphatic heterocycles. The predicted octanol–water partition coefficient (Wildman–Crippen LogP) is 1.73. The molecule has 1 unspecified atom stereocenters. The molecule has 0 radical (unpaired) electrons. The number of carbonyl (C=O) groups excluding carboxylic acids is 1. The second-order valence-corrected chi connectivity index (χ2v) is 6.45. The minimum Gasteiger partial charge on any atom is -0.466 e. The van der Waals surface area contributed by atoms with Crippen LogP contribution in [0.2, 0.25) is 0 Å². The molecule has 2 N–H and O–H groups in total. The van der Waals surface area contributed by atoms with Crippen LogP contribution in [0.3, 0.4) is 0 Å². The summed E-state index contributed by atoms with van der Waals surface area (Å²) in [7, 11) is 0. The highest BCUT2D eigenvalue weighted by atomic mass is 16.3. The summed E-state index contributed by atoms with van der Waals surface area (Å²) in [4.78, 5) is 14.1. The Balaban J connectivity index is 1.59. The van der Waals surface area contributed by atoms with Crippen LogP contribution in [0.1, 0.15) is 37.7 Å². The van der Waals surface area contributed by atoms with Gasteiger partial charge in [-0.15, -0.1) is 0 Å². The van der Waals surface area contributed by atoms with Gasteiger partial charge < -0.3 is 19.7 Å². The summed E-state index contributed by atoms with van der Waals surface area (Å²) < 4.78 is 5.43. The van der Waals surface area contributed by atoms with Crippen molar-refractivity contribution in [2.45, 2.75) is 45.6 Å². The van der Waals surface area contributed by atoms with E-state index in [1.165, 1.54) is 12.8 Å². The molecule has 1 atom stereocenters. The van der Waals surface area contributed by atoms with Crippen molar-refractivity contribution in [1.82, 2.24) is 10.2 Å². The van der Waals surface area contributed by atoms with Gasteiger partial charge in [0, 0.05) is 25.9 Å². The SMILES string of the molecule is Cc1ccc(CCC(=O)NCC(O)CN2CCC(C)CC2)o1. The number of carbonyl (C=O) groups is 1. The number of furan rings is 1. The molecule has 0 saturated carbocycles. The Morgan fingerprint density at radius 2 is 2.18 bits per heavy atom. The third kappa shape index (κ3) is 5.81. The molecule has 1 fully saturated rings. The van der Waals surface area contributed by atoms with Crippen molar-refractivity contribution in [3.63, 3.8) is 0 Å². The van der Waals surface area contributed by atoms with Gasteiger partial charge in [-0.05, 0) is 50.9 Å². The van der Waals surface area contributed by atoms with Crippen LogP contribution >= 0.6 is 0 Å². The molecule has 2 rings (SSSR count). The molecule has 0 aliphatic carbocycles. The van der Waals surface area contributed by atoms with Gasteiger partial charge in [0.15, 0.2) is 0 Å². The maximum Gasteiger partial charge on any atom is 0.220 e. The van der Waals surface area contributed by atoms with Gasteiger partial charge in [-0.3, -0.25) is 4.79 Å². The van der Waals surface area contributed by atoms with Crippen molar-refractivity contribution in [3.05, 3.63) is 23.7 Å². The second kappa shape index (κ2) is 8.34. The highest BCUT2D eigenvalue weighted by Gasteiger charge is 2.18. The monoisotopic (exact) mass is 308 g/mol. The zero-order chi connectivity index (χ0) is 15.9. The average molecular weight is 308 g/mol. The van der Waals surface area contributed by atoms with E-state index in [1.807, 2.05) is 19.1 Å². The summed E-state index contributed by atoms with van der Waals surface area (Å²) in [6.45, 7) is 7.22. The molecule has 124 valence electrons. The number of aliphatic hydroxyl groups excluding tert-OH is 1. The molecule has 1 aliphatic rings. The summed E-state index contributed by atoms with van der Waals surface area (Å²) in [6, 6.07) is 3.80. The van der Waals surface area contributed by atoms with Gasteiger partial charge in [-0.25, -0.2) is 0 Å². The Morgan fingerprint density at radius 1 is 1.45 bits per heavy atom. The van der Waals surface area contributed by atoms with Gasteiger partial charge in [-0.1, -0.05) is 6.92 Å². The fourth-order valence-electron chi connectivity index (χ4n) is 2.78. The first-order valence-electron chi connectivity index (χ1n) is 8.25. The summed E-state index contributed by atoms with van der Waals surface area (Å²) in [5.74, 6) is 2.44. The molecule has 2 heterocycles. The second-order valence-electron chi connectivity index (χ2n) is 6.45. The van der Waals surface area contributed by atoms with Crippen molar-refractivity contribution in [2.24, 2.45) is 5.92 Å². The lowest BCUT2D eigenvalue weighted by atomic mass is 9.99. The number of aryl methyl sites for hydroxylation is 2. The van der Waals surface area contributed by atoms with Gasteiger partial charge in [-0.2, -0.15) is 0 Å². The van der Waals surface area contributed by atoms with Crippen LogP contribution in [0.15, 0.2) is 16.5 Å². The third-order valence-electron chi connectivity index (χ3n) is 4.27. The number of nitrogens with one attached hydrogen (secondary N) is 1. The standard InChI is InChI=1S/C17H28N2O3/c1-13-7-9-19(10-8-13)12-15(20)11-18-17(21)6-5-16-4-3-14(2)22-16/h3-4,13,15,20H,5-12H2,1-2H3,(H,18,21).